The van der Waals surface area contributed by atoms with Crippen LogP contribution in [0, 0.1) is 6.92 Å². The molecule has 3 heteroatoms. The lowest BCUT2D eigenvalue weighted by molar-refractivity contribution is 0.562. The first-order valence-electron chi connectivity index (χ1n) is 6.32. The molecule has 0 heterocycles. The van der Waals surface area contributed by atoms with Gasteiger partial charge in [-0.05, 0) is 32.5 Å². The van der Waals surface area contributed by atoms with Gasteiger partial charge in [-0.25, -0.2) is 0 Å². The van der Waals surface area contributed by atoms with Crippen LogP contribution in [-0.4, -0.2) is 32.7 Å². The first-order chi connectivity index (χ1) is 7.41. The van der Waals surface area contributed by atoms with Crippen molar-refractivity contribution in [2.75, 3.05) is 32.7 Å². The maximum atomic E-state index is 5.37. The predicted octanol–water partition coefficient (Wildman–Crippen LogP) is 1.30. The third kappa shape index (κ3) is 13.9. The van der Waals surface area contributed by atoms with Gasteiger partial charge in [-0.1, -0.05) is 32.6 Å². The Hall–Kier alpha value is -0.120. The van der Waals surface area contributed by atoms with E-state index in [0.717, 1.165) is 39.1 Å². The smallest absolute Gasteiger partial charge is 0.00745 e. The molecule has 0 aromatic rings. The van der Waals surface area contributed by atoms with Crippen molar-refractivity contribution in [1.29, 1.82) is 0 Å². The fourth-order valence-electron chi connectivity index (χ4n) is 1.47. The maximum absolute atomic E-state index is 5.37. The number of nitrogens with two attached hydrogens (primary N) is 1. The summed E-state index contributed by atoms with van der Waals surface area (Å²) in [5.41, 5.74) is 5.37. The summed E-state index contributed by atoms with van der Waals surface area (Å²) < 4.78 is 0. The molecule has 0 rings (SSSR count). The van der Waals surface area contributed by atoms with E-state index < -0.39 is 0 Å². The molecule has 0 unspecified atom stereocenters. The lowest BCUT2D eigenvalue weighted by atomic mass is 10.1. The van der Waals surface area contributed by atoms with Crippen LogP contribution < -0.4 is 16.4 Å². The van der Waals surface area contributed by atoms with E-state index in [4.69, 9.17) is 5.73 Å². The Morgan fingerprint density at radius 3 is 2.00 bits per heavy atom. The largest absolute Gasteiger partial charge is 0.329 e. The summed E-state index contributed by atoms with van der Waals surface area (Å²) in [5, 5.41) is 6.73. The zero-order valence-corrected chi connectivity index (χ0v) is 10.1. The Labute approximate surface area is 95.2 Å². The lowest BCUT2D eigenvalue weighted by Gasteiger charge is -2.05. The van der Waals surface area contributed by atoms with Crippen molar-refractivity contribution in [3.8, 4) is 0 Å². The third-order valence-corrected chi connectivity index (χ3v) is 2.38. The van der Waals surface area contributed by atoms with Gasteiger partial charge in [0.1, 0.15) is 0 Å². The van der Waals surface area contributed by atoms with Crippen molar-refractivity contribution in [3.05, 3.63) is 6.92 Å². The summed E-state index contributed by atoms with van der Waals surface area (Å²) in [4.78, 5) is 0. The second kappa shape index (κ2) is 13.9. The molecule has 0 aliphatic rings. The van der Waals surface area contributed by atoms with Gasteiger partial charge in [0.15, 0.2) is 0 Å². The molecule has 0 bridgehead atoms. The van der Waals surface area contributed by atoms with Crippen LogP contribution in [0.4, 0.5) is 0 Å². The molecule has 0 amide bonds. The van der Waals surface area contributed by atoms with Crippen LogP contribution in [0.5, 0.6) is 0 Å². The standard InChI is InChI=1S/C12H28N3/c1-2-3-4-5-6-9-14-10-7-11-15-12-8-13/h14-15H,1-13H2. The van der Waals surface area contributed by atoms with Crippen LogP contribution in [0.1, 0.15) is 38.5 Å². The molecule has 0 fully saturated rings. The average Bonchev–Trinajstić information content (AvgIpc) is 2.26. The second-order valence-electron chi connectivity index (χ2n) is 3.91. The zero-order valence-electron chi connectivity index (χ0n) is 10.1. The Bertz CT molecular complexity index is 95.0. The minimum atomic E-state index is 0.736. The minimum Gasteiger partial charge on any atom is -0.329 e. The zero-order chi connectivity index (χ0) is 11.2. The van der Waals surface area contributed by atoms with Crippen molar-refractivity contribution < 1.29 is 0 Å². The second-order valence-corrected chi connectivity index (χ2v) is 3.91. The van der Waals surface area contributed by atoms with Crippen LogP contribution in [0.25, 0.3) is 0 Å². The fraction of sp³-hybridized carbons (Fsp3) is 0.917. The quantitative estimate of drug-likeness (QED) is 0.429. The summed E-state index contributed by atoms with van der Waals surface area (Å²) in [6, 6.07) is 0. The van der Waals surface area contributed by atoms with Crippen LogP contribution in [0.3, 0.4) is 0 Å². The number of nitrogens with one attached hydrogen (secondary N) is 2. The number of hydrogen-bond donors (Lipinski definition) is 3. The van der Waals surface area contributed by atoms with Crippen molar-refractivity contribution in [2.45, 2.75) is 38.5 Å². The van der Waals surface area contributed by atoms with E-state index in [1.54, 1.807) is 0 Å². The van der Waals surface area contributed by atoms with Crippen LogP contribution in [0.15, 0.2) is 0 Å². The first kappa shape index (κ1) is 14.9. The maximum Gasteiger partial charge on any atom is 0.00745 e. The Morgan fingerprint density at radius 2 is 1.33 bits per heavy atom. The Morgan fingerprint density at radius 1 is 0.733 bits per heavy atom. The molecule has 0 saturated carbocycles. The number of hydrogen-bond acceptors (Lipinski definition) is 3. The van der Waals surface area contributed by atoms with Gasteiger partial charge in [0.05, 0.1) is 0 Å². The molecule has 0 aromatic carbocycles. The molecule has 91 valence electrons. The van der Waals surface area contributed by atoms with Gasteiger partial charge in [0.2, 0.25) is 0 Å². The van der Waals surface area contributed by atoms with Gasteiger partial charge >= 0.3 is 0 Å². The fourth-order valence-corrected chi connectivity index (χ4v) is 1.47. The molecule has 0 aromatic heterocycles. The van der Waals surface area contributed by atoms with Gasteiger partial charge in [0, 0.05) is 13.1 Å². The van der Waals surface area contributed by atoms with Crippen LogP contribution in [0.2, 0.25) is 0 Å². The highest BCUT2D eigenvalue weighted by Crippen LogP contribution is 2.00. The molecule has 0 atom stereocenters. The number of rotatable bonds is 12. The van der Waals surface area contributed by atoms with Gasteiger partial charge in [-0.3, -0.25) is 0 Å². The molecule has 1 radical (unpaired) electrons. The molecule has 0 aliphatic carbocycles. The summed E-state index contributed by atoms with van der Waals surface area (Å²) in [7, 11) is 0. The summed E-state index contributed by atoms with van der Waals surface area (Å²) in [6.07, 6.45) is 7.54. The van der Waals surface area contributed by atoms with E-state index in [9.17, 15) is 0 Å². The molecule has 4 N–H and O–H groups in total. The minimum absolute atomic E-state index is 0.736. The molecule has 0 spiro atoms. The highest BCUT2D eigenvalue weighted by Gasteiger charge is 1.90. The summed E-state index contributed by atoms with van der Waals surface area (Å²) >= 11 is 0. The van der Waals surface area contributed by atoms with E-state index in [2.05, 4.69) is 17.6 Å². The molecule has 0 saturated heterocycles. The monoisotopic (exact) mass is 214 g/mol. The average molecular weight is 214 g/mol. The molecule has 15 heavy (non-hydrogen) atoms. The van der Waals surface area contributed by atoms with Gasteiger partial charge < -0.3 is 16.4 Å². The van der Waals surface area contributed by atoms with E-state index in [1.807, 2.05) is 0 Å². The van der Waals surface area contributed by atoms with Crippen molar-refractivity contribution >= 4 is 0 Å². The van der Waals surface area contributed by atoms with Gasteiger partial charge in [0.25, 0.3) is 0 Å². The topological polar surface area (TPSA) is 50.1 Å². The first-order valence-corrected chi connectivity index (χ1v) is 6.32. The van der Waals surface area contributed by atoms with Crippen LogP contribution >= 0.6 is 0 Å². The highest BCUT2D eigenvalue weighted by molar-refractivity contribution is 4.53. The predicted molar refractivity (Wildman–Crippen MR) is 67.9 cm³/mol. The number of unbranched alkanes of at least 4 members (excludes halogenated alkanes) is 4. The molecule has 3 nitrogen and oxygen atoms in total. The van der Waals surface area contributed by atoms with E-state index in [-0.39, 0.29) is 0 Å². The van der Waals surface area contributed by atoms with E-state index in [1.165, 1.54) is 32.1 Å². The molecular formula is C12H28N3. The Kier molecular flexibility index (Phi) is 13.8. The SMILES string of the molecule is [CH2]CCCCCCNCCCNCCN. The molecular weight excluding hydrogens is 186 g/mol. The van der Waals surface area contributed by atoms with Crippen molar-refractivity contribution in [2.24, 2.45) is 5.73 Å². The van der Waals surface area contributed by atoms with Gasteiger partial charge in [-0.2, -0.15) is 0 Å². The Balaban J connectivity index is 2.81. The van der Waals surface area contributed by atoms with Crippen LogP contribution in [-0.2, 0) is 0 Å². The summed E-state index contributed by atoms with van der Waals surface area (Å²) in [6.45, 7) is 8.86. The van der Waals surface area contributed by atoms with E-state index >= 15 is 0 Å². The molecule has 0 aliphatic heterocycles. The normalized spacial score (nSPS) is 10.8. The van der Waals surface area contributed by atoms with Crippen molar-refractivity contribution in [3.63, 3.8) is 0 Å². The lowest BCUT2D eigenvalue weighted by Crippen LogP contribution is -2.26. The highest BCUT2D eigenvalue weighted by atomic mass is 14.9. The van der Waals surface area contributed by atoms with Gasteiger partial charge in [-0.15, -0.1) is 0 Å². The summed E-state index contributed by atoms with van der Waals surface area (Å²) in [5.74, 6) is 0. The van der Waals surface area contributed by atoms with E-state index in [0.29, 0.717) is 0 Å². The van der Waals surface area contributed by atoms with Crippen molar-refractivity contribution in [1.82, 2.24) is 10.6 Å². The third-order valence-electron chi connectivity index (χ3n) is 2.38.